The third kappa shape index (κ3) is 3.97. The van der Waals surface area contributed by atoms with E-state index in [-0.39, 0.29) is 5.41 Å². The molecule has 1 aliphatic heterocycles. The maximum atomic E-state index is 12.9. The van der Waals surface area contributed by atoms with Crippen LogP contribution < -0.4 is 5.46 Å². The van der Waals surface area contributed by atoms with Crippen molar-refractivity contribution >= 4 is 28.9 Å². The molecule has 2 nitrogen and oxygen atoms in total. The Balaban J connectivity index is 2.71. The average Bonchev–Trinajstić information content (AvgIpc) is 2.66. The summed E-state index contributed by atoms with van der Waals surface area (Å²) in [6, 6.07) is 3.92. The molecule has 0 aromatic heterocycles. The van der Waals surface area contributed by atoms with Crippen LogP contribution in [0.3, 0.4) is 0 Å². The third-order valence-electron chi connectivity index (χ3n) is 4.92. The van der Waals surface area contributed by atoms with Crippen molar-refractivity contribution < 1.29 is 13.7 Å². The Morgan fingerprint density at radius 1 is 1.00 bits per heavy atom. The normalized spacial score (nSPS) is 18.2. The van der Waals surface area contributed by atoms with Crippen LogP contribution in [0, 0.1) is 22.8 Å². The highest BCUT2D eigenvalue weighted by Crippen LogP contribution is 2.37. The first-order valence-electron chi connectivity index (χ1n) is 8.30. The Labute approximate surface area is 159 Å². The molecule has 1 saturated heterocycles. The van der Waals surface area contributed by atoms with E-state index in [1.807, 2.05) is 39.8 Å². The fraction of sp³-hybridized carbons (Fsp3) is 0.500. The lowest BCUT2D eigenvalue weighted by Gasteiger charge is -2.32. The molecular formula is C20H23AlBFO2. The Kier molecular flexibility index (Phi) is 5.49. The molecular weight excluding hydrogens is 329 g/mol. The van der Waals surface area contributed by atoms with E-state index < -0.39 is 18.3 Å². The number of rotatable bonds is 1. The molecule has 5 heteroatoms. The summed E-state index contributed by atoms with van der Waals surface area (Å²) in [7, 11) is -0.643. The topological polar surface area (TPSA) is 18.5 Å². The van der Waals surface area contributed by atoms with Crippen molar-refractivity contribution in [1.29, 1.82) is 0 Å². The average molecular weight is 352 g/mol. The van der Waals surface area contributed by atoms with E-state index in [0.717, 1.165) is 11.1 Å². The molecule has 25 heavy (non-hydrogen) atoms. The molecule has 0 bridgehead atoms. The van der Waals surface area contributed by atoms with Gasteiger partial charge in [0.05, 0.1) is 11.2 Å². The highest BCUT2D eigenvalue weighted by atomic mass is 27.0. The number of benzene rings is 1. The third-order valence-corrected chi connectivity index (χ3v) is 5.07. The highest BCUT2D eigenvalue weighted by Gasteiger charge is 2.52. The minimum Gasteiger partial charge on any atom is -0.399 e. The summed E-state index contributed by atoms with van der Waals surface area (Å²) >= 11 is 2.39. The van der Waals surface area contributed by atoms with Crippen molar-refractivity contribution in [3.8, 4) is 22.8 Å². The zero-order chi connectivity index (χ0) is 19.0. The molecule has 2 rings (SSSR count). The van der Waals surface area contributed by atoms with Gasteiger partial charge in [-0.05, 0) is 56.7 Å². The first-order chi connectivity index (χ1) is 11.4. The van der Waals surface area contributed by atoms with E-state index >= 15 is 0 Å². The zero-order valence-corrected chi connectivity index (χ0v) is 17.2. The van der Waals surface area contributed by atoms with Crippen LogP contribution in [0.25, 0.3) is 0 Å². The van der Waals surface area contributed by atoms with Crippen molar-refractivity contribution in [2.24, 2.45) is 0 Å². The molecule has 0 unspecified atom stereocenters. The largest absolute Gasteiger partial charge is 0.497 e. The van der Waals surface area contributed by atoms with Crippen molar-refractivity contribution in [3.05, 3.63) is 28.8 Å². The number of hydrogen-bond acceptors (Lipinski definition) is 2. The van der Waals surface area contributed by atoms with E-state index in [1.165, 1.54) is 6.17 Å². The molecule has 0 amide bonds. The van der Waals surface area contributed by atoms with E-state index in [1.54, 1.807) is 0 Å². The molecule has 1 aromatic carbocycles. The molecule has 0 atom stereocenters. The summed E-state index contributed by atoms with van der Waals surface area (Å²) in [6.45, 7) is 14.2. The summed E-state index contributed by atoms with van der Waals surface area (Å²) in [5, 5.41) is 0. The van der Waals surface area contributed by atoms with Crippen LogP contribution in [-0.4, -0.2) is 34.6 Å². The molecule has 2 radical (unpaired) electrons. The summed E-state index contributed by atoms with van der Waals surface area (Å²) < 4.78 is 25.2. The van der Waals surface area contributed by atoms with Crippen LogP contribution in [0.5, 0.6) is 0 Å². The fourth-order valence-electron chi connectivity index (χ4n) is 2.64. The Hall–Kier alpha value is -1.21. The van der Waals surface area contributed by atoms with Gasteiger partial charge in [-0.2, -0.15) is 0 Å². The van der Waals surface area contributed by atoms with Crippen LogP contribution in [0.2, 0.25) is 0 Å². The lowest BCUT2D eigenvalue weighted by atomic mass is 9.71. The van der Waals surface area contributed by atoms with E-state index in [0.29, 0.717) is 11.0 Å². The maximum Gasteiger partial charge on any atom is 0.497 e. The van der Waals surface area contributed by atoms with Crippen LogP contribution in [0.15, 0.2) is 12.1 Å². The zero-order valence-electron chi connectivity index (χ0n) is 16.0. The van der Waals surface area contributed by atoms with Gasteiger partial charge in [-0.25, -0.2) is 4.78 Å². The molecule has 1 aromatic rings. The highest BCUT2D eigenvalue weighted by molar-refractivity contribution is 6.63. The predicted octanol–water partition coefficient (Wildman–Crippen LogP) is 3.04. The van der Waals surface area contributed by atoms with Gasteiger partial charge in [0.1, 0.15) is 6.17 Å². The Morgan fingerprint density at radius 2 is 1.48 bits per heavy atom. The van der Waals surface area contributed by atoms with Gasteiger partial charge in [0.2, 0.25) is 0 Å². The predicted molar refractivity (Wildman–Crippen MR) is 101 cm³/mol. The van der Waals surface area contributed by atoms with Gasteiger partial charge in [-0.1, -0.05) is 26.7 Å². The molecule has 0 saturated carbocycles. The molecule has 0 aliphatic carbocycles. The minimum absolute atomic E-state index is 0.113. The molecule has 1 aliphatic rings. The second-order valence-electron chi connectivity index (χ2n) is 8.31. The molecule has 1 fully saturated rings. The monoisotopic (exact) mass is 352 g/mol. The lowest BCUT2D eigenvalue weighted by Crippen LogP contribution is -2.41. The molecule has 0 spiro atoms. The first-order valence-corrected chi connectivity index (χ1v) is 8.88. The van der Waals surface area contributed by atoms with Crippen LogP contribution in [0.4, 0.5) is 4.39 Å². The van der Waals surface area contributed by atoms with Gasteiger partial charge < -0.3 is 9.31 Å². The van der Waals surface area contributed by atoms with Crippen molar-refractivity contribution in [2.45, 2.75) is 65.1 Å². The molecule has 1 heterocycles. The standard InChI is InChI=1S/C20H23BFO2.Al/c1-9-14-12-16(18(2,3)4)13-15(10-11-22)17(14)21-23-19(5,6)20(7,8)24-21;/h12-13H,2-8H3;. The van der Waals surface area contributed by atoms with Crippen LogP contribution >= 0.6 is 0 Å². The van der Waals surface area contributed by atoms with Crippen LogP contribution in [-0.2, 0) is 14.7 Å². The SMILES string of the molecule is CC(C)(C)c1cc(C#CF)c(B2OC(C)(C)C(C)(C)O2)c(C#[C][Al])c1. The Morgan fingerprint density at radius 3 is 1.88 bits per heavy atom. The second-order valence-corrected chi connectivity index (χ2v) is 8.60. The number of halogens is 1. The van der Waals surface area contributed by atoms with Gasteiger partial charge in [-0.3, -0.25) is 0 Å². The van der Waals surface area contributed by atoms with E-state index in [9.17, 15) is 4.39 Å². The van der Waals surface area contributed by atoms with Crippen LogP contribution in [0.1, 0.15) is 65.2 Å². The van der Waals surface area contributed by atoms with E-state index in [4.69, 9.17) is 9.31 Å². The Bertz CT molecular complexity index is 744. The molecule has 128 valence electrons. The van der Waals surface area contributed by atoms with Gasteiger partial charge in [0, 0.05) is 16.6 Å². The van der Waals surface area contributed by atoms with Crippen molar-refractivity contribution in [1.82, 2.24) is 0 Å². The fourth-order valence-corrected chi connectivity index (χ4v) is 2.79. The van der Waals surface area contributed by atoms with Crippen molar-refractivity contribution in [3.63, 3.8) is 0 Å². The summed E-state index contributed by atoms with van der Waals surface area (Å²) in [6.07, 6.45) is 1.52. The van der Waals surface area contributed by atoms with E-state index in [2.05, 4.69) is 53.7 Å². The van der Waals surface area contributed by atoms with Gasteiger partial charge in [-0.15, -0.1) is 4.39 Å². The van der Waals surface area contributed by atoms with Gasteiger partial charge in [0.15, 0.2) is 0 Å². The summed E-state index contributed by atoms with van der Waals surface area (Å²) in [4.78, 5) is 2.85. The summed E-state index contributed by atoms with van der Waals surface area (Å²) in [5.74, 6) is 5.65. The quantitative estimate of drug-likeness (QED) is 0.571. The lowest BCUT2D eigenvalue weighted by molar-refractivity contribution is 0.00578. The van der Waals surface area contributed by atoms with Gasteiger partial charge in [0.25, 0.3) is 16.3 Å². The maximum absolute atomic E-state index is 12.9. The first kappa shape index (κ1) is 20.1. The van der Waals surface area contributed by atoms with Gasteiger partial charge >= 0.3 is 7.12 Å². The number of hydrogen-bond donors (Lipinski definition) is 0. The molecule has 0 N–H and O–H groups in total. The van der Waals surface area contributed by atoms with Crippen molar-refractivity contribution in [2.75, 3.05) is 0 Å². The second kappa shape index (κ2) is 6.83. The smallest absolute Gasteiger partial charge is 0.399 e. The minimum atomic E-state index is -0.643. The summed E-state index contributed by atoms with van der Waals surface area (Å²) in [5.41, 5.74) is 1.92.